The van der Waals surface area contributed by atoms with Crippen LogP contribution in [0.1, 0.15) is 5.56 Å². The number of hydrogen-bond acceptors (Lipinski definition) is 3. The topological polar surface area (TPSA) is 54.0 Å². The first-order valence-corrected chi connectivity index (χ1v) is 4.13. The van der Waals surface area contributed by atoms with Gasteiger partial charge in [0.25, 0.3) is 0 Å². The molecular formula is C9H14ClN3O. The third kappa shape index (κ3) is 4.79. The Morgan fingerprint density at radius 2 is 2.07 bits per heavy atom. The number of nitrogens with one attached hydrogen (secondary N) is 2. The molecule has 0 atom stereocenters. The van der Waals surface area contributed by atoms with Crippen LogP contribution in [0, 0.1) is 0 Å². The molecule has 0 aliphatic heterocycles. The molecule has 1 amide bonds. The minimum absolute atomic E-state index is 0. The number of carbonyl (C=O) groups excluding carboxylic acids is 1. The number of nitrogens with zero attached hydrogens (tertiary/aromatic N) is 1. The number of carbonyl (C=O) groups is 1. The van der Waals surface area contributed by atoms with Crippen molar-refractivity contribution in [2.75, 3.05) is 13.6 Å². The zero-order chi connectivity index (χ0) is 9.52. The zero-order valence-electron chi connectivity index (χ0n) is 7.99. The van der Waals surface area contributed by atoms with E-state index in [1.54, 1.807) is 19.4 Å². The molecule has 1 rings (SSSR count). The number of halogens is 1. The maximum Gasteiger partial charge on any atom is 0.234 e. The fourth-order valence-corrected chi connectivity index (χ4v) is 0.924. The maximum absolute atomic E-state index is 11.0. The summed E-state index contributed by atoms with van der Waals surface area (Å²) in [6.07, 6.45) is 3.42. The van der Waals surface area contributed by atoms with Crippen LogP contribution >= 0.6 is 12.4 Å². The van der Waals surface area contributed by atoms with Crippen LogP contribution in [0.3, 0.4) is 0 Å². The third-order valence-corrected chi connectivity index (χ3v) is 1.58. The Labute approximate surface area is 89.5 Å². The fraction of sp³-hybridized carbons (Fsp3) is 0.333. The quantitative estimate of drug-likeness (QED) is 0.762. The molecule has 0 fully saturated rings. The van der Waals surface area contributed by atoms with Crippen LogP contribution in [0.15, 0.2) is 24.5 Å². The first-order chi connectivity index (χ1) is 6.33. The number of amides is 1. The van der Waals surface area contributed by atoms with Crippen molar-refractivity contribution in [2.24, 2.45) is 0 Å². The molecule has 0 spiro atoms. The Kier molecular flexibility index (Phi) is 6.70. The van der Waals surface area contributed by atoms with Crippen molar-refractivity contribution >= 4 is 18.3 Å². The first kappa shape index (κ1) is 12.9. The lowest BCUT2D eigenvalue weighted by molar-refractivity contribution is -0.120. The van der Waals surface area contributed by atoms with Crippen LogP contribution in [-0.2, 0) is 11.3 Å². The van der Waals surface area contributed by atoms with E-state index in [-0.39, 0.29) is 18.3 Å². The molecule has 78 valence electrons. The van der Waals surface area contributed by atoms with Gasteiger partial charge >= 0.3 is 0 Å². The van der Waals surface area contributed by atoms with Gasteiger partial charge in [-0.3, -0.25) is 9.78 Å². The lowest BCUT2D eigenvalue weighted by atomic mass is 10.3. The highest BCUT2D eigenvalue weighted by atomic mass is 35.5. The van der Waals surface area contributed by atoms with Crippen molar-refractivity contribution in [3.63, 3.8) is 0 Å². The van der Waals surface area contributed by atoms with E-state index in [0.717, 1.165) is 5.56 Å². The van der Waals surface area contributed by atoms with Crippen molar-refractivity contribution in [1.82, 2.24) is 15.6 Å². The Hall–Kier alpha value is -1.13. The highest BCUT2D eigenvalue weighted by Crippen LogP contribution is 1.93. The molecule has 0 saturated heterocycles. The van der Waals surface area contributed by atoms with Gasteiger partial charge in [-0.15, -0.1) is 12.4 Å². The number of rotatable bonds is 4. The van der Waals surface area contributed by atoms with Crippen LogP contribution in [0.2, 0.25) is 0 Å². The Morgan fingerprint density at radius 3 is 2.64 bits per heavy atom. The smallest absolute Gasteiger partial charge is 0.234 e. The largest absolute Gasteiger partial charge is 0.351 e. The monoisotopic (exact) mass is 215 g/mol. The second-order valence-corrected chi connectivity index (χ2v) is 2.66. The molecule has 4 nitrogen and oxygen atoms in total. The molecule has 1 aromatic heterocycles. The summed E-state index contributed by atoms with van der Waals surface area (Å²) in [6, 6.07) is 3.75. The van der Waals surface area contributed by atoms with Gasteiger partial charge in [-0.05, 0) is 24.7 Å². The van der Waals surface area contributed by atoms with Crippen molar-refractivity contribution in [3.05, 3.63) is 30.1 Å². The van der Waals surface area contributed by atoms with Crippen LogP contribution in [0.25, 0.3) is 0 Å². The van der Waals surface area contributed by atoms with Crippen LogP contribution in [0.5, 0.6) is 0 Å². The SMILES string of the molecule is CNCC(=O)NCc1ccncc1.Cl. The lowest BCUT2D eigenvalue weighted by Crippen LogP contribution is -2.31. The summed E-state index contributed by atoms with van der Waals surface area (Å²) in [5.74, 6) is -0.000637. The van der Waals surface area contributed by atoms with Crippen LogP contribution in [-0.4, -0.2) is 24.5 Å². The minimum Gasteiger partial charge on any atom is -0.351 e. The van der Waals surface area contributed by atoms with E-state index in [1.165, 1.54) is 0 Å². The normalized spacial score (nSPS) is 8.93. The lowest BCUT2D eigenvalue weighted by Gasteiger charge is -2.03. The summed E-state index contributed by atoms with van der Waals surface area (Å²) in [5.41, 5.74) is 1.06. The van der Waals surface area contributed by atoms with Gasteiger partial charge in [0.15, 0.2) is 0 Å². The molecule has 2 N–H and O–H groups in total. The standard InChI is InChI=1S/C9H13N3O.ClH/c1-10-7-9(13)12-6-8-2-4-11-5-3-8;/h2-5,10H,6-7H2,1H3,(H,12,13);1H. The highest BCUT2D eigenvalue weighted by molar-refractivity contribution is 5.85. The van der Waals surface area contributed by atoms with E-state index in [4.69, 9.17) is 0 Å². The molecule has 1 heterocycles. The molecule has 0 aliphatic rings. The predicted molar refractivity (Wildman–Crippen MR) is 57.3 cm³/mol. The maximum atomic E-state index is 11.0. The van der Waals surface area contributed by atoms with Gasteiger partial charge in [0.05, 0.1) is 6.54 Å². The van der Waals surface area contributed by atoms with Crippen molar-refractivity contribution < 1.29 is 4.79 Å². The number of pyridine rings is 1. The van der Waals surface area contributed by atoms with Gasteiger partial charge in [0.1, 0.15) is 0 Å². The van der Waals surface area contributed by atoms with Gasteiger partial charge in [0, 0.05) is 18.9 Å². The van der Waals surface area contributed by atoms with E-state index < -0.39 is 0 Å². The predicted octanol–water partition coefficient (Wildman–Crippen LogP) is 0.339. The van der Waals surface area contributed by atoms with Gasteiger partial charge < -0.3 is 10.6 Å². The van der Waals surface area contributed by atoms with Crippen LogP contribution in [0.4, 0.5) is 0 Å². The summed E-state index contributed by atoms with van der Waals surface area (Å²) in [7, 11) is 1.74. The van der Waals surface area contributed by atoms with E-state index in [1.807, 2.05) is 12.1 Å². The zero-order valence-corrected chi connectivity index (χ0v) is 8.80. The van der Waals surface area contributed by atoms with Crippen molar-refractivity contribution in [1.29, 1.82) is 0 Å². The molecule has 0 aromatic carbocycles. The molecular weight excluding hydrogens is 202 g/mol. The highest BCUT2D eigenvalue weighted by Gasteiger charge is 1.97. The van der Waals surface area contributed by atoms with Gasteiger partial charge in [-0.2, -0.15) is 0 Å². The molecule has 0 radical (unpaired) electrons. The molecule has 0 saturated carbocycles. The van der Waals surface area contributed by atoms with Crippen molar-refractivity contribution in [2.45, 2.75) is 6.54 Å². The van der Waals surface area contributed by atoms with E-state index in [2.05, 4.69) is 15.6 Å². The van der Waals surface area contributed by atoms with Gasteiger partial charge in [-0.25, -0.2) is 0 Å². The second kappa shape index (κ2) is 7.29. The van der Waals surface area contributed by atoms with Gasteiger partial charge in [-0.1, -0.05) is 0 Å². The van der Waals surface area contributed by atoms with E-state index >= 15 is 0 Å². The molecule has 5 heteroatoms. The Morgan fingerprint density at radius 1 is 1.43 bits per heavy atom. The summed E-state index contributed by atoms with van der Waals surface area (Å²) in [6.45, 7) is 0.911. The number of hydrogen-bond donors (Lipinski definition) is 2. The average molecular weight is 216 g/mol. The summed E-state index contributed by atoms with van der Waals surface area (Å²) in [4.78, 5) is 14.9. The fourth-order valence-electron chi connectivity index (χ4n) is 0.924. The van der Waals surface area contributed by atoms with E-state index in [9.17, 15) is 4.79 Å². The summed E-state index contributed by atoms with van der Waals surface area (Å²) in [5, 5.41) is 5.55. The average Bonchev–Trinajstić information content (AvgIpc) is 2.17. The molecule has 1 aromatic rings. The molecule has 0 bridgehead atoms. The number of aromatic nitrogens is 1. The third-order valence-electron chi connectivity index (χ3n) is 1.58. The van der Waals surface area contributed by atoms with Crippen molar-refractivity contribution in [3.8, 4) is 0 Å². The molecule has 0 unspecified atom stereocenters. The van der Waals surface area contributed by atoms with Crippen LogP contribution < -0.4 is 10.6 Å². The molecule has 0 aliphatic carbocycles. The first-order valence-electron chi connectivity index (χ1n) is 4.13. The summed E-state index contributed by atoms with van der Waals surface area (Å²) < 4.78 is 0. The summed E-state index contributed by atoms with van der Waals surface area (Å²) >= 11 is 0. The minimum atomic E-state index is -0.000637. The molecule has 14 heavy (non-hydrogen) atoms. The number of likely N-dealkylation sites (N-methyl/N-ethyl adjacent to an activating group) is 1. The Balaban J connectivity index is 0.00000169. The van der Waals surface area contributed by atoms with Gasteiger partial charge in [0.2, 0.25) is 5.91 Å². The van der Waals surface area contributed by atoms with E-state index in [0.29, 0.717) is 13.1 Å². The Bertz CT molecular complexity index is 266. The second-order valence-electron chi connectivity index (χ2n) is 2.66.